The van der Waals surface area contributed by atoms with Crippen LogP contribution in [-0.4, -0.2) is 60.4 Å². The second-order valence-electron chi connectivity index (χ2n) is 9.51. The van der Waals surface area contributed by atoms with Crippen molar-refractivity contribution in [3.8, 4) is 46.0 Å². The lowest BCUT2D eigenvalue weighted by Crippen LogP contribution is -1.95. The van der Waals surface area contributed by atoms with E-state index in [4.69, 9.17) is 58.9 Å². The average molecular weight is 650 g/mol. The fraction of sp³-hybridized carbons (Fsp3) is 0.156. The first-order chi connectivity index (χ1) is 22.7. The molecule has 4 aromatic rings. The summed E-state index contributed by atoms with van der Waals surface area (Å²) in [6, 6.07) is 19.3. The molecule has 0 saturated heterocycles. The predicted molar refractivity (Wildman–Crippen MR) is 159 cm³/mol. The fourth-order valence-corrected chi connectivity index (χ4v) is 4.16. The molecule has 244 valence electrons. The van der Waals surface area contributed by atoms with Crippen molar-refractivity contribution in [1.29, 1.82) is 0 Å². The predicted octanol–water partition coefficient (Wildman–Crippen LogP) is 4.21. The first kappa shape index (κ1) is 32.1. The number of carboxylic acid groups (broad SMARTS) is 3. The van der Waals surface area contributed by atoms with Crippen LogP contribution in [0, 0.1) is 0 Å². The van der Waals surface area contributed by atoms with Crippen molar-refractivity contribution in [1.82, 2.24) is 0 Å². The van der Waals surface area contributed by atoms with E-state index in [0.717, 1.165) is 17.1 Å². The molecule has 15 heteroatoms. The van der Waals surface area contributed by atoms with E-state index in [1.807, 2.05) is 18.2 Å². The summed E-state index contributed by atoms with van der Waals surface area (Å²) in [5, 5.41) is 25.9. The third-order valence-electron chi connectivity index (χ3n) is 6.53. The zero-order valence-electron chi connectivity index (χ0n) is 24.4. The lowest BCUT2D eigenvalue weighted by molar-refractivity contribution is 0.0685. The molecule has 4 heterocycles. The quantitative estimate of drug-likeness (QED) is 0.244. The molecule has 4 aliphatic heterocycles. The van der Waals surface area contributed by atoms with E-state index < -0.39 is 17.9 Å². The van der Waals surface area contributed by atoms with Crippen molar-refractivity contribution in [3.63, 3.8) is 0 Å². The molecule has 8 rings (SSSR count). The number of fused-ring (bicyclic) bond motifs is 4. The van der Waals surface area contributed by atoms with Crippen LogP contribution in [0.1, 0.15) is 36.6 Å². The Hall–Kier alpha value is -6.35. The van der Waals surface area contributed by atoms with Crippen molar-refractivity contribution in [3.05, 3.63) is 95.1 Å². The van der Waals surface area contributed by atoms with E-state index in [1.54, 1.807) is 18.2 Å². The van der Waals surface area contributed by atoms with Crippen LogP contribution < -0.4 is 43.6 Å². The molecule has 47 heavy (non-hydrogen) atoms. The van der Waals surface area contributed by atoms with Gasteiger partial charge in [0, 0.05) is 6.54 Å². The van der Waals surface area contributed by atoms with Crippen LogP contribution in [0.25, 0.3) is 0 Å². The van der Waals surface area contributed by atoms with Gasteiger partial charge in [-0.2, -0.15) is 0 Å². The summed E-state index contributed by atoms with van der Waals surface area (Å²) < 4.78 is 40.4. The average Bonchev–Trinajstić information content (AvgIpc) is 3.90. The molecular formula is C32H27NO14. The molecule has 0 aromatic heterocycles. The second-order valence-corrected chi connectivity index (χ2v) is 9.51. The van der Waals surface area contributed by atoms with Crippen LogP contribution in [0.3, 0.4) is 0 Å². The minimum absolute atomic E-state index is 0.165. The monoisotopic (exact) mass is 649 g/mol. The van der Waals surface area contributed by atoms with Gasteiger partial charge in [0.1, 0.15) is 0 Å². The highest BCUT2D eigenvalue weighted by molar-refractivity contribution is 5.89. The van der Waals surface area contributed by atoms with Crippen LogP contribution in [0.15, 0.2) is 72.8 Å². The van der Waals surface area contributed by atoms with Gasteiger partial charge in [-0.15, -0.1) is 0 Å². The first-order valence-corrected chi connectivity index (χ1v) is 13.7. The first-order valence-electron chi connectivity index (χ1n) is 13.7. The molecule has 0 amide bonds. The van der Waals surface area contributed by atoms with Crippen LogP contribution in [0.5, 0.6) is 46.0 Å². The molecule has 15 nitrogen and oxygen atoms in total. The Morgan fingerprint density at radius 2 is 0.723 bits per heavy atom. The summed E-state index contributed by atoms with van der Waals surface area (Å²) >= 11 is 0. The molecule has 5 N–H and O–H groups in total. The van der Waals surface area contributed by atoms with Gasteiger partial charge in [0.05, 0.1) is 16.7 Å². The molecule has 0 radical (unpaired) electrons. The summed E-state index contributed by atoms with van der Waals surface area (Å²) in [6.45, 7) is 1.36. The van der Waals surface area contributed by atoms with Crippen molar-refractivity contribution >= 4 is 17.9 Å². The number of carbonyl (C=O) groups is 3. The van der Waals surface area contributed by atoms with E-state index in [-0.39, 0.29) is 37.1 Å². The van der Waals surface area contributed by atoms with E-state index in [1.165, 1.54) is 36.4 Å². The molecular weight excluding hydrogens is 622 g/mol. The standard InChI is InChI=1S/C8H9NO2.3C8H6O4/c9-4-6-1-2-7-8(3-6)11-5-10-7;3*9-8(10)5-1-2-6-7(3-5)12-4-11-6/h1-3H,4-5,9H2;3*1-3H,4H2,(H,9,10). The van der Waals surface area contributed by atoms with E-state index in [0.29, 0.717) is 47.8 Å². The van der Waals surface area contributed by atoms with E-state index in [2.05, 4.69) is 0 Å². The highest BCUT2D eigenvalue weighted by Gasteiger charge is 2.17. The van der Waals surface area contributed by atoms with Gasteiger partial charge in [0.25, 0.3) is 0 Å². The normalized spacial score (nSPS) is 13.1. The maximum atomic E-state index is 10.5. The Morgan fingerprint density at radius 3 is 1.02 bits per heavy atom. The van der Waals surface area contributed by atoms with Crippen molar-refractivity contribution in [2.75, 3.05) is 27.2 Å². The zero-order chi connectivity index (χ0) is 33.3. The smallest absolute Gasteiger partial charge is 0.335 e. The summed E-state index contributed by atoms with van der Waals surface area (Å²) in [6.07, 6.45) is 0. The van der Waals surface area contributed by atoms with Gasteiger partial charge in [-0.05, 0) is 72.3 Å². The van der Waals surface area contributed by atoms with Crippen molar-refractivity contribution in [2.24, 2.45) is 5.73 Å². The Balaban J connectivity index is 0.000000123. The zero-order valence-corrected chi connectivity index (χ0v) is 24.4. The molecule has 0 fully saturated rings. The number of hydrogen-bond donors (Lipinski definition) is 4. The minimum atomic E-state index is -0.965. The molecule has 0 saturated carbocycles. The van der Waals surface area contributed by atoms with Gasteiger partial charge in [-0.1, -0.05) is 6.07 Å². The summed E-state index contributed by atoms with van der Waals surface area (Å²) in [7, 11) is 0. The van der Waals surface area contributed by atoms with Gasteiger partial charge >= 0.3 is 17.9 Å². The number of benzene rings is 4. The maximum Gasteiger partial charge on any atom is 0.335 e. The topological polar surface area (TPSA) is 212 Å². The van der Waals surface area contributed by atoms with Gasteiger partial charge < -0.3 is 58.9 Å². The third-order valence-corrected chi connectivity index (χ3v) is 6.53. The lowest BCUT2D eigenvalue weighted by atomic mass is 10.2. The number of carboxylic acids is 3. The largest absolute Gasteiger partial charge is 0.478 e. The van der Waals surface area contributed by atoms with Crippen LogP contribution in [-0.2, 0) is 6.54 Å². The highest BCUT2D eigenvalue weighted by Crippen LogP contribution is 2.34. The van der Waals surface area contributed by atoms with Crippen LogP contribution >= 0.6 is 0 Å². The number of rotatable bonds is 4. The molecule has 4 aromatic carbocycles. The molecule has 0 bridgehead atoms. The van der Waals surface area contributed by atoms with Crippen molar-refractivity contribution < 1.29 is 67.6 Å². The Morgan fingerprint density at radius 1 is 0.447 bits per heavy atom. The highest BCUT2D eigenvalue weighted by atomic mass is 16.7. The van der Waals surface area contributed by atoms with E-state index >= 15 is 0 Å². The Bertz CT molecular complexity index is 1630. The second kappa shape index (κ2) is 14.6. The summed E-state index contributed by atoms with van der Waals surface area (Å²) in [4.78, 5) is 31.5. The molecule has 4 aliphatic rings. The van der Waals surface area contributed by atoms with Gasteiger partial charge in [-0.3, -0.25) is 0 Å². The summed E-state index contributed by atoms with van der Waals surface area (Å²) in [5.74, 6) is 1.99. The van der Waals surface area contributed by atoms with Crippen LogP contribution in [0.4, 0.5) is 0 Å². The Kier molecular flexibility index (Phi) is 9.97. The number of hydrogen-bond acceptors (Lipinski definition) is 12. The fourth-order valence-electron chi connectivity index (χ4n) is 4.16. The number of aromatic carboxylic acids is 3. The number of nitrogens with two attached hydrogens (primary N) is 1. The minimum Gasteiger partial charge on any atom is -0.478 e. The Labute approximate surface area is 266 Å². The van der Waals surface area contributed by atoms with E-state index in [9.17, 15) is 14.4 Å². The van der Waals surface area contributed by atoms with Crippen LogP contribution in [0.2, 0.25) is 0 Å². The molecule has 0 spiro atoms. The molecule has 0 aliphatic carbocycles. The van der Waals surface area contributed by atoms with Gasteiger partial charge in [0.2, 0.25) is 27.2 Å². The van der Waals surface area contributed by atoms with Gasteiger partial charge in [-0.25, -0.2) is 14.4 Å². The third kappa shape index (κ3) is 8.03. The lowest BCUT2D eigenvalue weighted by Gasteiger charge is -1.97. The maximum absolute atomic E-state index is 10.5. The number of ether oxygens (including phenoxy) is 8. The molecule has 0 atom stereocenters. The van der Waals surface area contributed by atoms with Gasteiger partial charge in [0.15, 0.2) is 46.0 Å². The molecule has 0 unspecified atom stereocenters. The van der Waals surface area contributed by atoms with Crippen molar-refractivity contribution in [2.45, 2.75) is 6.54 Å². The SMILES string of the molecule is NCc1ccc2c(c1)OCO2.O=C(O)c1ccc2c(c1)OCO2.O=C(O)c1ccc2c(c1)OCO2.O=C(O)c1ccc2c(c1)OCO2. The summed E-state index contributed by atoms with van der Waals surface area (Å²) in [5.41, 5.74) is 7.13.